The van der Waals surface area contributed by atoms with Crippen molar-refractivity contribution in [3.05, 3.63) is 76.5 Å². The fourth-order valence-corrected chi connectivity index (χ4v) is 5.94. The molecule has 3 aromatic rings. The molecule has 3 heterocycles. The highest BCUT2D eigenvalue weighted by Crippen LogP contribution is 2.31. The summed E-state index contributed by atoms with van der Waals surface area (Å²) < 4.78 is 5.74. The second kappa shape index (κ2) is 12.0. The number of carbonyl (C=O) groups excluding carboxylic acids is 1. The minimum absolute atomic E-state index is 0.163. The van der Waals surface area contributed by atoms with E-state index in [1.807, 2.05) is 6.07 Å². The van der Waals surface area contributed by atoms with Crippen LogP contribution in [0.5, 0.6) is 5.75 Å². The topological polar surface area (TPSA) is 125 Å². The molecule has 0 radical (unpaired) electrons. The summed E-state index contributed by atoms with van der Waals surface area (Å²) in [5.41, 5.74) is 13.1. The number of anilines is 1. The van der Waals surface area contributed by atoms with Crippen molar-refractivity contribution in [3.8, 4) is 16.9 Å². The maximum Gasteiger partial charge on any atom is 0.255 e. The monoisotopic (exact) mass is 527 g/mol. The van der Waals surface area contributed by atoms with Crippen LogP contribution >= 0.6 is 0 Å². The van der Waals surface area contributed by atoms with Crippen molar-refractivity contribution < 1.29 is 14.6 Å². The van der Waals surface area contributed by atoms with Crippen LogP contribution in [0.3, 0.4) is 0 Å². The number of aliphatic hydroxyl groups is 1. The number of aromatic nitrogens is 1. The van der Waals surface area contributed by atoms with E-state index in [0.29, 0.717) is 47.5 Å². The summed E-state index contributed by atoms with van der Waals surface area (Å²) in [6, 6.07) is 14.6. The number of nitrogens with two attached hydrogens (primary N) is 1. The Labute approximate surface area is 229 Å². The van der Waals surface area contributed by atoms with E-state index >= 15 is 0 Å². The molecule has 8 heteroatoms. The van der Waals surface area contributed by atoms with Gasteiger partial charge in [0.25, 0.3) is 5.91 Å². The first-order valence-corrected chi connectivity index (χ1v) is 13.8. The molecule has 1 fully saturated rings. The van der Waals surface area contributed by atoms with Gasteiger partial charge in [-0.25, -0.2) is 4.98 Å². The van der Waals surface area contributed by atoms with Crippen molar-refractivity contribution in [1.29, 1.82) is 5.41 Å². The lowest BCUT2D eigenvalue weighted by Crippen LogP contribution is -2.32. The Hall–Kier alpha value is -3.75. The Bertz CT molecular complexity index is 1370. The van der Waals surface area contributed by atoms with Crippen molar-refractivity contribution in [2.24, 2.45) is 0 Å². The summed E-state index contributed by atoms with van der Waals surface area (Å²) in [6.07, 6.45) is 9.14. The zero-order valence-electron chi connectivity index (χ0n) is 22.5. The number of aryl methyl sites for hydroxylation is 2. The molecule has 0 spiro atoms. The summed E-state index contributed by atoms with van der Waals surface area (Å²) in [5, 5.41) is 18.7. The number of rotatable bonds is 4. The van der Waals surface area contributed by atoms with E-state index in [9.17, 15) is 4.79 Å². The van der Waals surface area contributed by atoms with Gasteiger partial charge >= 0.3 is 0 Å². The molecular weight excluding hydrogens is 490 g/mol. The molecule has 39 heavy (non-hydrogen) atoms. The number of nitrogens with zero attached hydrogens (tertiary/aromatic N) is 2. The number of nitrogen functional groups attached to an aromatic ring is 1. The van der Waals surface area contributed by atoms with Crippen LogP contribution in [0.25, 0.3) is 11.1 Å². The molecule has 5 N–H and O–H groups in total. The van der Waals surface area contributed by atoms with E-state index in [2.05, 4.69) is 33.4 Å². The Morgan fingerprint density at radius 3 is 2.62 bits per heavy atom. The molecule has 0 bridgehead atoms. The number of ether oxygens (including phenoxy) is 1. The number of amides is 1. The quantitative estimate of drug-likeness (QED) is 0.302. The number of carbonyl (C=O) groups is 1. The molecule has 204 valence electrons. The van der Waals surface area contributed by atoms with Crippen LogP contribution in [-0.2, 0) is 12.8 Å². The lowest BCUT2D eigenvalue weighted by molar-refractivity contribution is 0.0957. The minimum atomic E-state index is -0.163. The Kier molecular flexibility index (Phi) is 8.24. The summed E-state index contributed by atoms with van der Waals surface area (Å²) >= 11 is 0. The van der Waals surface area contributed by atoms with E-state index < -0.39 is 0 Å². The van der Waals surface area contributed by atoms with Crippen molar-refractivity contribution in [3.63, 3.8) is 0 Å². The van der Waals surface area contributed by atoms with Crippen LogP contribution in [0.4, 0.5) is 5.82 Å². The fourth-order valence-electron chi connectivity index (χ4n) is 5.94. The number of hydrogen-bond acceptors (Lipinski definition) is 7. The van der Waals surface area contributed by atoms with Crippen LogP contribution in [-0.4, -0.2) is 66.0 Å². The first-order chi connectivity index (χ1) is 19.1. The molecule has 8 nitrogen and oxygen atoms in total. The van der Waals surface area contributed by atoms with Crippen LogP contribution < -0.4 is 15.8 Å². The summed E-state index contributed by atoms with van der Waals surface area (Å²) in [5.74, 6) is 0.632. The average Bonchev–Trinajstić information content (AvgIpc) is 3.34. The van der Waals surface area contributed by atoms with Gasteiger partial charge in [-0.1, -0.05) is 24.3 Å². The van der Waals surface area contributed by atoms with Gasteiger partial charge in [0.1, 0.15) is 18.2 Å². The second-order valence-electron chi connectivity index (χ2n) is 10.3. The highest BCUT2D eigenvalue weighted by atomic mass is 16.5. The molecule has 2 aromatic carbocycles. The van der Waals surface area contributed by atoms with Gasteiger partial charge in [-0.3, -0.25) is 10.2 Å². The van der Waals surface area contributed by atoms with Crippen molar-refractivity contribution in [2.75, 3.05) is 39.1 Å². The lowest BCUT2D eigenvalue weighted by atomic mass is 9.95. The van der Waals surface area contributed by atoms with Crippen molar-refractivity contribution >= 4 is 17.4 Å². The molecule has 2 aliphatic heterocycles. The maximum atomic E-state index is 12.2. The number of pyridine rings is 1. The van der Waals surface area contributed by atoms with Crippen LogP contribution in [0.1, 0.15) is 58.3 Å². The molecule has 0 saturated carbocycles. The number of nitrogens with one attached hydrogen (secondary N) is 2. The smallest absolute Gasteiger partial charge is 0.255 e. The van der Waals surface area contributed by atoms with Crippen molar-refractivity contribution in [1.82, 2.24) is 15.2 Å². The minimum Gasteiger partial charge on any atom is -0.491 e. The zero-order chi connectivity index (χ0) is 27.4. The molecular formula is C31H37N5O3. The molecule has 1 saturated heterocycles. The third-order valence-electron chi connectivity index (χ3n) is 8.04. The standard InChI is InChI=1S/C30H33N5O2.CH4O/c31-28(22-7-10-25-27(17-22)37-14-11-33-30(25)36)26-16-23(18-34-29(26)32)21-4-3-19-5-8-24(9-6-20(19)15-21)35-12-1-2-13-35;1-2/h3-4,7,10,15-18,24,31H,1-2,5-6,8-9,11-14H2,(H2,32,34)(H,33,36);2H,1H3. The predicted molar refractivity (Wildman–Crippen MR) is 154 cm³/mol. The average molecular weight is 528 g/mol. The van der Waals surface area contributed by atoms with Gasteiger partial charge in [-0.2, -0.15) is 0 Å². The van der Waals surface area contributed by atoms with Gasteiger partial charge in [0.15, 0.2) is 0 Å². The number of aliphatic hydroxyl groups excluding tert-OH is 1. The zero-order valence-corrected chi connectivity index (χ0v) is 22.5. The molecule has 1 aromatic heterocycles. The number of hydrogen-bond donors (Lipinski definition) is 4. The third kappa shape index (κ3) is 5.67. The van der Waals surface area contributed by atoms with Crippen LogP contribution in [0.2, 0.25) is 0 Å². The van der Waals surface area contributed by atoms with Gasteiger partial charge in [0, 0.05) is 36.0 Å². The van der Waals surface area contributed by atoms with E-state index in [0.717, 1.165) is 31.1 Å². The molecule has 1 amide bonds. The normalized spacial score (nSPS) is 18.8. The Morgan fingerprint density at radius 2 is 1.82 bits per heavy atom. The van der Waals surface area contributed by atoms with Gasteiger partial charge in [0.2, 0.25) is 0 Å². The van der Waals surface area contributed by atoms with Gasteiger partial charge in [-0.05, 0) is 86.5 Å². The Balaban J connectivity index is 0.00000151. The maximum absolute atomic E-state index is 12.2. The number of benzene rings is 2. The van der Waals surface area contributed by atoms with E-state index in [1.165, 1.54) is 49.9 Å². The highest BCUT2D eigenvalue weighted by Gasteiger charge is 2.25. The van der Waals surface area contributed by atoms with Gasteiger partial charge < -0.3 is 25.8 Å². The summed E-state index contributed by atoms with van der Waals surface area (Å²) in [4.78, 5) is 19.4. The fraction of sp³-hybridized carbons (Fsp3) is 0.387. The second-order valence-corrected chi connectivity index (χ2v) is 10.3. The number of likely N-dealkylation sites (tertiary alicyclic amines) is 1. The molecule has 1 atom stereocenters. The summed E-state index contributed by atoms with van der Waals surface area (Å²) in [7, 11) is 1.00. The van der Waals surface area contributed by atoms with Crippen LogP contribution in [0.15, 0.2) is 48.7 Å². The SMILES string of the molecule is CO.N=C(c1ccc2c(c1)OCCNC2=O)c1cc(-c2ccc3c(c2)CCC(N2CCCC2)CC3)cnc1N. The van der Waals surface area contributed by atoms with Gasteiger partial charge in [-0.15, -0.1) is 0 Å². The first-order valence-electron chi connectivity index (χ1n) is 13.8. The Morgan fingerprint density at radius 1 is 1.05 bits per heavy atom. The van der Waals surface area contributed by atoms with E-state index in [4.69, 9.17) is 21.0 Å². The van der Waals surface area contributed by atoms with E-state index in [1.54, 1.807) is 24.4 Å². The molecule has 1 unspecified atom stereocenters. The molecule has 3 aliphatic rings. The van der Waals surface area contributed by atoms with E-state index in [-0.39, 0.29) is 11.6 Å². The third-order valence-corrected chi connectivity index (χ3v) is 8.04. The highest BCUT2D eigenvalue weighted by molar-refractivity contribution is 6.14. The first kappa shape index (κ1) is 26.8. The molecule has 6 rings (SSSR count). The summed E-state index contributed by atoms with van der Waals surface area (Å²) in [6.45, 7) is 3.36. The molecule has 1 aliphatic carbocycles. The lowest BCUT2D eigenvalue weighted by Gasteiger charge is -2.26. The van der Waals surface area contributed by atoms with Crippen molar-refractivity contribution in [2.45, 2.75) is 44.6 Å². The predicted octanol–water partition coefficient (Wildman–Crippen LogP) is 3.82. The van der Waals surface area contributed by atoms with Gasteiger partial charge in [0.05, 0.1) is 17.8 Å². The largest absolute Gasteiger partial charge is 0.491 e. The number of fused-ring (bicyclic) bond motifs is 2. The van der Waals surface area contributed by atoms with Crippen LogP contribution in [0, 0.1) is 5.41 Å².